The first-order valence-electron chi connectivity index (χ1n) is 27.5. The van der Waals surface area contributed by atoms with Gasteiger partial charge in [0.05, 0.1) is 22.6 Å². The molecule has 1 saturated carbocycles. The molecule has 372 valence electrons. The first kappa shape index (κ1) is 45.9. The number of para-hydroxylation sites is 2. The zero-order valence-electron chi connectivity index (χ0n) is 43.6. The van der Waals surface area contributed by atoms with Crippen molar-refractivity contribution in [3.05, 3.63) is 294 Å². The molecule has 7 aromatic carbocycles. The summed E-state index contributed by atoms with van der Waals surface area (Å²) in [4.78, 5) is 18.4. The van der Waals surface area contributed by atoms with Crippen LogP contribution in [0.4, 0.5) is 5.69 Å². The van der Waals surface area contributed by atoms with E-state index in [9.17, 15) is 0 Å². The molecule has 15 rings (SSSR count). The molecule has 2 unspecified atom stereocenters. The lowest BCUT2D eigenvalue weighted by Gasteiger charge is -2.36. The third kappa shape index (κ3) is 7.55. The molecular weight excluding hydrogens is 947 g/mol. The van der Waals surface area contributed by atoms with Gasteiger partial charge in [-0.15, -0.1) is 0 Å². The number of hydrogen-bond donors (Lipinski definition) is 0. The Morgan fingerprint density at radius 3 is 1.92 bits per heavy atom. The molecule has 3 heterocycles. The van der Waals surface area contributed by atoms with E-state index < -0.39 is 0 Å². The van der Waals surface area contributed by atoms with Crippen LogP contribution in [0.2, 0.25) is 0 Å². The van der Waals surface area contributed by atoms with Crippen molar-refractivity contribution in [1.29, 1.82) is 0 Å². The van der Waals surface area contributed by atoms with E-state index in [0.717, 1.165) is 64.0 Å². The largest absolute Gasteiger partial charge is 0.312 e. The lowest BCUT2D eigenvalue weighted by molar-refractivity contribution is 0.563. The zero-order chi connectivity index (χ0) is 51.8. The van der Waals surface area contributed by atoms with E-state index in [-0.39, 0.29) is 23.7 Å². The zero-order valence-corrected chi connectivity index (χ0v) is 43.6. The lowest BCUT2D eigenvalue weighted by Crippen LogP contribution is -2.29. The predicted molar refractivity (Wildman–Crippen MR) is 321 cm³/mol. The van der Waals surface area contributed by atoms with Crippen LogP contribution in [0.25, 0.3) is 83.6 Å². The van der Waals surface area contributed by atoms with Crippen LogP contribution in [0.3, 0.4) is 0 Å². The van der Waals surface area contributed by atoms with E-state index in [2.05, 4.69) is 266 Å². The Labute approximate surface area is 456 Å². The maximum atomic E-state index is 5.33. The monoisotopic (exact) mass is 1000 g/mol. The first-order chi connectivity index (χ1) is 38.6. The molecule has 1 fully saturated rings. The summed E-state index contributed by atoms with van der Waals surface area (Å²) in [6.07, 6.45) is 27.5. The Balaban J connectivity index is 0.984. The second-order valence-electron chi connectivity index (χ2n) is 21.4. The second-order valence-corrected chi connectivity index (χ2v) is 21.4. The minimum Gasteiger partial charge on any atom is -0.312 e. The fourth-order valence-electron chi connectivity index (χ4n) is 13.1. The SMILES string of the molecule is CC1=C2C=CC=C[C@H]1C=CC1=C2N(C2=CC=C3C(c4nc(C5=CCCC=C5)nc(-c5ccccc5)n4)[C@@H]3C2C)c2ccccc2-c2c1n(-c1cc(-c3ccccc3)cc(-c3ccccc3)c1)c1c(-c3ccccc3)cccc21. The van der Waals surface area contributed by atoms with Gasteiger partial charge in [-0.2, -0.15) is 0 Å². The Hall–Kier alpha value is -9.45. The predicted octanol–water partition coefficient (Wildman–Crippen LogP) is 17.9. The summed E-state index contributed by atoms with van der Waals surface area (Å²) >= 11 is 0. The fraction of sp³-hybridized carbons (Fsp3) is 0.110. The number of allylic oxidation sites excluding steroid dienone is 16. The van der Waals surface area contributed by atoms with E-state index in [1.807, 2.05) is 6.07 Å². The maximum Gasteiger partial charge on any atom is 0.163 e. The van der Waals surface area contributed by atoms with Crippen molar-refractivity contribution in [2.75, 3.05) is 4.90 Å². The van der Waals surface area contributed by atoms with Crippen LogP contribution < -0.4 is 4.90 Å². The van der Waals surface area contributed by atoms with Crippen LogP contribution in [0.1, 0.15) is 49.9 Å². The van der Waals surface area contributed by atoms with Gasteiger partial charge in [0.1, 0.15) is 5.82 Å². The molecule has 6 aliphatic rings. The number of nitrogens with zero attached hydrogens (tertiary/aromatic N) is 5. The molecule has 5 aliphatic carbocycles. The topological polar surface area (TPSA) is 46.8 Å². The highest BCUT2D eigenvalue weighted by Crippen LogP contribution is 2.62. The third-order valence-corrected chi connectivity index (χ3v) is 16.9. The van der Waals surface area contributed by atoms with Crippen LogP contribution in [-0.4, -0.2) is 19.5 Å². The van der Waals surface area contributed by atoms with Gasteiger partial charge in [-0.05, 0) is 83.5 Å². The van der Waals surface area contributed by atoms with Crippen molar-refractivity contribution in [3.8, 4) is 61.6 Å². The molecule has 2 aromatic heterocycles. The fourth-order valence-corrected chi connectivity index (χ4v) is 13.1. The highest BCUT2D eigenvalue weighted by molar-refractivity contribution is 6.14. The average molecular weight is 1000 g/mol. The van der Waals surface area contributed by atoms with Gasteiger partial charge in [-0.1, -0.05) is 237 Å². The molecule has 2 bridgehead atoms. The standard InChI is InChI=1S/C73H55N5/c1-46-48-23-18-19-34-57(46)68-62(40-39-48)70-66(61-37-22-36-58(51-28-12-5-13-29-51)69(61)77(70)56-44-54(49-24-8-3-9-25-49)43-55(45-56)50-26-10-4-11-27-50)59-35-20-21-38-64(59)78(68)63-42-41-60-65(47(63)2)67(60)73-75-71(52-30-14-6-15-31-52)74-72(76-73)53-32-16-7-17-33-53/h3-6,8-16,18-45,47-48,65,67H,7,17H2,1-2H3/t47?,48-,65+,67?/m0/s1. The van der Waals surface area contributed by atoms with E-state index >= 15 is 0 Å². The van der Waals surface area contributed by atoms with E-state index in [1.165, 1.54) is 83.7 Å². The van der Waals surface area contributed by atoms with Gasteiger partial charge in [0.2, 0.25) is 0 Å². The molecule has 0 spiro atoms. The molecule has 4 atom stereocenters. The van der Waals surface area contributed by atoms with Crippen LogP contribution >= 0.6 is 0 Å². The van der Waals surface area contributed by atoms with Gasteiger partial charge in [0.15, 0.2) is 11.6 Å². The number of benzene rings is 7. The van der Waals surface area contributed by atoms with Crippen LogP contribution in [0, 0.1) is 17.8 Å². The number of aromatic nitrogens is 4. The van der Waals surface area contributed by atoms with Crippen molar-refractivity contribution in [2.45, 2.75) is 32.6 Å². The molecule has 0 N–H and O–H groups in total. The minimum atomic E-state index is 0.0563. The number of anilines is 1. The van der Waals surface area contributed by atoms with Gasteiger partial charge in [0.25, 0.3) is 0 Å². The summed E-state index contributed by atoms with van der Waals surface area (Å²) in [5, 5.41) is 1.20. The summed E-state index contributed by atoms with van der Waals surface area (Å²) < 4.78 is 2.62. The van der Waals surface area contributed by atoms with Crippen molar-refractivity contribution in [1.82, 2.24) is 19.5 Å². The quantitative estimate of drug-likeness (QED) is 0.152. The maximum absolute atomic E-state index is 5.33. The van der Waals surface area contributed by atoms with Gasteiger partial charge < -0.3 is 9.47 Å². The van der Waals surface area contributed by atoms with E-state index in [1.54, 1.807) is 0 Å². The van der Waals surface area contributed by atoms with Crippen molar-refractivity contribution in [2.24, 2.45) is 17.8 Å². The second kappa shape index (κ2) is 18.7. The summed E-state index contributed by atoms with van der Waals surface area (Å²) in [5.41, 5.74) is 23.7. The Morgan fingerprint density at radius 1 is 0.538 bits per heavy atom. The summed E-state index contributed by atoms with van der Waals surface area (Å²) in [6.45, 7) is 4.77. The molecule has 78 heavy (non-hydrogen) atoms. The smallest absolute Gasteiger partial charge is 0.163 e. The summed E-state index contributed by atoms with van der Waals surface area (Å²) in [7, 11) is 0. The normalized spacial score (nSPS) is 19.7. The number of rotatable bonds is 8. The van der Waals surface area contributed by atoms with Crippen molar-refractivity contribution in [3.63, 3.8) is 0 Å². The van der Waals surface area contributed by atoms with Crippen LogP contribution in [-0.2, 0) is 0 Å². The highest BCUT2D eigenvalue weighted by atomic mass is 15.2. The van der Waals surface area contributed by atoms with Gasteiger partial charge in [-0.3, -0.25) is 0 Å². The lowest BCUT2D eigenvalue weighted by atomic mass is 9.91. The number of fused-ring (bicyclic) bond motifs is 9. The van der Waals surface area contributed by atoms with Gasteiger partial charge >= 0.3 is 0 Å². The Morgan fingerprint density at radius 2 is 1.21 bits per heavy atom. The summed E-state index contributed by atoms with van der Waals surface area (Å²) in [5.74, 6) is 2.79. The first-order valence-corrected chi connectivity index (χ1v) is 27.5. The summed E-state index contributed by atoms with van der Waals surface area (Å²) in [6, 6.07) is 66.3. The van der Waals surface area contributed by atoms with Gasteiger partial charge in [-0.25, -0.2) is 15.0 Å². The molecule has 0 radical (unpaired) electrons. The van der Waals surface area contributed by atoms with Crippen LogP contribution in [0.5, 0.6) is 0 Å². The molecular formula is C73H55N5. The minimum absolute atomic E-state index is 0.0563. The molecule has 5 heteroatoms. The van der Waals surface area contributed by atoms with Crippen molar-refractivity contribution < 1.29 is 0 Å². The average Bonchev–Trinajstić information content (AvgIpc) is 4.38. The van der Waals surface area contributed by atoms with Crippen molar-refractivity contribution >= 4 is 27.7 Å². The Bertz CT molecular complexity index is 4160. The van der Waals surface area contributed by atoms with Crippen LogP contribution in [0.15, 0.2) is 277 Å². The molecule has 0 saturated heterocycles. The molecule has 9 aromatic rings. The molecule has 1 aliphatic heterocycles. The highest BCUT2D eigenvalue weighted by Gasteiger charge is 2.54. The molecule has 5 nitrogen and oxygen atoms in total. The number of hydrogen-bond acceptors (Lipinski definition) is 4. The molecule has 0 amide bonds. The Kier molecular flexibility index (Phi) is 11.0. The van der Waals surface area contributed by atoms with E-state index in [4.69, 9.17) is 15.0 Å². The third-order valence-electron chi connectivity index (χ3n) is 16.9. The van der Waals surface area contributed by atoms with E-state index in [0.29, 0.717) is 0 Å². The van der Waals surface area contributed by atoms with Gasteiger partial charge in [0, 0.05) is 73.8 Å².